The molecule has 1 heteroatoms. The number of ether oxygens (including phenoxy) is 1. The van der Waals surface area contributed by atoms with E-state index in [2.05, 4.69) is 27.4 Å². The molecule has 0 amide bonds. The van der Waals surface area contributed by atoms with Gasteiger partial charge in [0.2, 0.25) is 0 Å². The molecule has 1 heterocycles. The van der Waals surface area contributed by atoms with E-state index in [4.69, 9.17) is 4.74 Å². The molecule has 0 spiro atoms. The zero-order valence-electron chi connectivity index (χ0n) is 7.11. The average molecular weight is 140 g/mol. The third kappa shape index (κ3) is 1.53. The van der Waals surface area contributed by atoms with E-state index < -0.39 is 0 Å². The number of allylic oxidation sites excluding steroid dienone is 1. The fourth-order valence-corrected chi connectivity index (χ4v) is 1.22. The largest absolute Gasteiger partial charge is 0.495 e. The Balaban J connectivity index is 2.53. The van der Waals surface area contributed by atoms with Crippen molar-refractivity contribution < 1.29 is 4.74 Å². The molecule has 1 saturated heterocycles. The SMILES string of the molecule is C=C1CCC(C(C)(C)C)O1. The zero-order chi connectivity index (χ0) is 7.78. The van der Waals surface area contributed by atoms with Gasteiger partial charge >= 0.3 is 0 Å². The average Bonchev–Trinajstić information content (AvgIpc) is 2.11. The first-order valence-corrected chi connectivity index (χ1v) is 3.84. The van der Waals surface area contributed by atoms with Gasteiger partial charge in [-0.2, -0.15) is 0 Å². The summed E-state index contributed by atoms with van der Waals surface area (Å²) < 4.78 is 5.53. The molecular weight excluding hydrogens is 124 g/mol. The molecule has 1 aliphatic heterocycles. The van der Waals surface area contributed by atoms with Crippen molar-refractivity contribution >= 4 is 0 Å². The van der Waals surface area contributed by atoms with Gasteiger partial charge in [-0.05, 0) is 11.8 Å². The van der Waals surface area contributed by atoms with Crippen LogP contribution in [0.1, 0.15) is 33.6 Å². The molecule has 1 aliphatic rings. The lowest BCUT2D eigenvalue weighted by Gasteiger charge is -2.25. The zero-order valence-corrected chi connectivity index (χ0v) is 7.11. The Morgan fingerprint density at radius 3 is 2.30 bits per heavy atom. The smallest absolute Gasteiger partial charge is 0.103 e. The summed E-state index contributed by atoms with van der Waals surface area (Å²) in [4.78, 5) is 0. The topological polar surface area (TPSA) is 9.23 Å². The molecule has 0 bridgehead atoms. The normalized spacial score (nSPS) is 26.7. The summed E-state index contributed by atoms with van der Waals surface area (Å²) in [6, 6.07) is 0. The minimum absolute atomic E-state index is 0.277. The molecule has 1 atom stereocenters. The van der Waals surface area contributed by atoms with E-state index in [0.717, 1.165) is 18.6 Å². The summed E-state index contributed by atoms with van der Waals surface area (Å²) in [5, 5.41) is 0. The van der Waals surface area contributed by atoms with Crippen LogP contribution < -0.4 is 0 Å². The van der Waals surface area contributed by atoms with Crippen molar-refractivity contribution in [1.82, 2.24) is 0 Å². The maximum Gasteiger partial charge on any atom is 0.103 e. The van der Waals surface area contributed by atoms with E-state index >= 15 is 0 Å². The molecule has 0 aliphatic carbocycles. The van der Waals surface area contributed by atoms with Crippen LogP contribution >= 0.6 is 0 Å². The maximum absolute atomic E-state index is 5.53. The van der Waals surface area contributed by atoms with Crippen LogP contribution in [0.3, 0.4) is 0 Å². The molecule has 10 heavy (non-hydrogen) atoms. The predicted molar refractivity (Wildman–Crippen MR) is 42.7 cm³/mol. The van der Waals surface area contributed by atoms with Crippen molar-refractivity contribution in [3.05, 3.63) is 12.3 Å². The number of rotatable bonds is 0. The third-order valence-electron chi connectivity index (χ3n) is 1.96. The first-order chi connectivity index (χ1) is 4.50. The van der Waals surface area contributed by atoms with Gasteiger partial charge in [-0.3, -0.25) is 0 Å². The van der Waals surface area contributed by atoms with Crippen molar-refractivity contribution in [1.29, 1.82) is 0 Å². The van der Waals surface area contributed by atoms with E-state index in [1.165, 1.54) is 0 Å². The predicted octanol–water partition coefficient (Wildman–Crippen LogP) is 2.73. The highest BCUT2D eigenvalue weighted by molar-refractivity contribution is 4.94. The first-order valence-electron chi connectivity index (χ1n) is 3.84. The fourth-order valence-electron chi connectivity index (χ4n) is 1.22. The van der Waals surface area contributed by atoms with E-state index in [0.29, 0.717) is 6.10 Å². The Labute approximate surface area is 63.1 Å². The highest BCUT2D eigenvalue weighted by Crippen LogP contribution is 2.33. The molecule has 1 nitrogen and oxygen atoms in total. The monoisotopic (exact) mass is 140 g/mol. The minimum Gasteiger partial charge on any atom is -0.495 e. The lowest BCUT2D eigenvalue weighted by atomic mass is 9.88. The molecular formula is C9H16O. The van der Waals surface area contributed by atoms with Gasteiger partial charge in [0, 0.05) is 6.42 Å². The Morgan fingerprint density at radius 2 is 2.10 bits per heavy atom. The van der Waals surface area contributed by atoms with Crippen molar-refractivity contribution in [2.45, 2.75) is 39.7 Å². The Kier molecular flexibility index (Phi) is 1.76. The van der Waals surface area contributed by atoms with Crippen LogP contribution in [0.25, 0.3) is 0 Å². The van der Waals surface area contributed by atoms with Crippen LogP contribution in [0.15, 0.2) is 12.3 Å². The van der Waals surface area contributed by atoms with Crippen LogP contribution in [-0.2, 0) is 4.74 Å². The van der Waals surface area contributed by atoms with Crippen LogP contribution in [0.5, 0.6) is 0 Å². The van der Waals surface area contributed by atoms with E-state index in [9.17, 15) is 0 Å². The summed E-state index contributed by atoms with van der Waals surface area (Å²) in [5.41, 5.74) is 0.277. The van der Waals surface area contributed by atoms with E-state index in [1.807, 2.05) is 0 Å². The minimum atomic E-state index is 0.277. The molecule has 1 fully saturated rings. The van der Waals surface area contributed by atoms with Crippen LogP contribution in [0.4, 0.5) is 0 Å². The van der Waals surface area contributed by atoms with Gasteiger partial charge in [0.15, 0.2) is 0 Å². The summed E-state index contributed by atoms with van der Waals surface area (Å²) in [5.74, 6) is 0.958. The quantitative estimate of drug-likeness (QED) is 0.502. The molecule has 0 N–H and O–H groups in total. The van der Waals surface area contributed by atoms with Gasteiger partial charge in [0.1, 0.15) is 6.10 Å². The van der Waals surface area contributed by atoms with Crippen molar-refractivity contribution in [2.75, 3.05) is 0 Å². The van der Waals surface area contributed by atoms with Crippen LogP contribution in [-0.4, -0.2) is 6.10 Å². The van der Waals surface area contributed by atoms with Gasteiger partial charge in [-0.25, -0.2) is 0 Å². The van der Waals surface area contributed by atoms with Gasteiger partial charge in [-0.1, -0.05) is 27.4 Å². The third-order valence-corrected chi connectivity index (χ3v) is 1.96. The summed E-state index contributed by atoms with van der Waals surface area (Å²) in [7, 11) is 0. The van der Waals surface area contributed by atoms with Crippen LogP contribution in [0.2, 0.25) is 0 Å². The van der Waals surface area contributed by atoms with Crippen molar-refractivity contribution in [3.8, 4) is 0 Å². The Bertz CT molecular complexity index is 141. The summed E-state index contributed by atoms with van der Waals surface area (Å²) >= 11 is 0. The van der Waals surface area contributed by atoms with Crippen LogP contribution in [0, 0.1) is 5.41 Å². The molecule has 1 rings (SSSR count). The van der Waals surface area contributed by atoms with Gasteiger partial charge < -0.3 is 4.74 Å². The second-order valence-corrected chi connectivity index (χ2v) is 4.05. The molecule has 58 valence electrons. The molecule has 0 aromatic carbocycles. The molecule has 0 aromatic rings. The maximum atomic E-state index is 5.53. The lowest BCUT2D eigenvalue weighted by Crippen LogP contribution is -2.24. The summed E-state index contributed by atoms with van der Waals surface area (Å²) in [6.07, 6.45) is 2.57. The highest BCUT2D eigenvalue weighted by atomic mass is 16.5. The van der Waals surface area contributed by atoms with Gasteiger partial charge in [0.05, 0.1) is 5.76 Å². The first kappa shape index (κ1) is 7.64. The fraction of sp³-hybridized carbons (Fsp3) is 0.778. The second-order valence-electron chi connectivity index (χ2n) is 4.05. The van der Waals surface area contributed by atoms with Gasteiger partial charge in [-0.15, -0.1) is 0 Å². The van der Waals surface area contributed by atoms with Crippen molar-refractivity contribution in [3.63, 3.8) is 0 Å². The van der Waals surface area contributed by atoms with E-state index in [1.54, 1.807) is 0 Å². The molecule has 0 radical (unpaired) electrons. The van der Waals surface area contributed by atoms with E-state index in [-0.39, 0.29) is 5.41 Å². The molecule has 0 saturated carbocycles. The molecule has 0 aromatic heterocycles. The van der Waals surface area contributed by atoms with Gasteiger partial charge in [0.25, 0.3) is 0 Å². The lowest BCUT2D eigenvalue weighted by molar-refractivity contribution is 0.0620. The number of hydrogen-bond donors (Lipinski definition) is 0. The molecule has 1 unspecified atom stereocenters. The second kappa shape index (κ2) is 2.30. The highest BCUT2D eigenvalue weighted by Gasteiger charge is 2.30. The Hall–Kier alpha value is -0.460. The Morgan fingerprint density at radius 1 is 1.50 bits per heavy atom. The standard InChI is InChI=1S/C9H16O/c1-7-5-6-8(10-7)9(2,3)4/h8H,1,5-6H2,2-4H3. The number of hydrogen-bond acceptors (Lipinski definition) is 1. The summed E-state index contributed by atoms with van der Waals surface area (Å²) in [6.45, 7) is 10.4. The van der Waals surface area contributed by atoms with Crippen molar-refractivity contribution in [2.24, 2.45) is 5.41 Å².